The number of anilines is 1. The molecular formula is C23H19ClN2O7S. The molecule has 1 amide bonds. The number of carbonyl (C=O) groups excluding carboxylic acids is 2. The summed E-state index contributed by atoms with van der Waals surface area (Å²) < 4.78 is 21.9. The summed E-state index contributed by atoms with van der Waals surface area (Å²) in [5, 5.41) is 3.30. The molecule has 4 rings (SSSR count). The number of halogens is 1. The Bertz CT molecular complexity index is 1420. The fraction of sp³-hybridized carbons (Fsp3) is 0.217. The van der Waals surface area contributed by atoms with Crippen molar-refractivity contribution in [2.75, 3.05) is 11.9 Å². The standard InChI is InChI=1S/C23H19ClN2O7S/c1-11(2)32-22(29)21-12(3)25-23(34-21)26-17(27)10-31-20-18(28)14-9-13(24)6-7-15(14)33-19(20)16-5-4-8-30-16/h4-9,11H,10H2,1-3H3,(H,25,26,27). The van der Waals surface area contributed by atoms with Crippen molar-refractivity contribution in [3.05, 3.63) is 62.4 Å². The van der Waals surface area contributed by atoms with Gasteiger partial charge in [0.05, 0.1) is 23.4 Å². The predicted octanol–water partition coefficient (Wildman–Crippen LogP) is 5.05. The van der Waals surface area contributed by atoms with Gasteiger partial charge in [0.2, 0.25) is 16.9 Å². The van der Waals surface area contributed by atoms with Crippen LogP contribution in [0.5, 0.6) is 5.75 Å². The predicted molar refractivity (Wildman–Crippen MR) is 127 cm³/mol. The summed E-state index contributed by atoms with van der Waals surface area (Å²) in [7, 11) is 0. The molecule has 3 heterocycles. The minimum absolute atomic E-state index is 0.0430. The molecule has 1 aromatic carbocycles. The molecular weight excluding hydrogens is 484 g/mol. The lowest BCUT2D eigenvalue weighted by Crippen LogP contribution is -2.22. The molecule has 0 unspecified atom stereocenters. The second kappa shape index (κ2) is 9.70. The van der Waals surface area contributed by atoms with E-state index >= 15 is 0 Å². The zero-order valence-corrected chi connectivity index (χ0v) is 19.9. The molecule has 1 N–H and O–H groups in total. The second-order valence-corrected chi connectivity index (χ2v) is 8.87. The van der Waals surface area contributed by atoms with Gasteiger partial charge in [-0.1, -0.05) is 22.9 Å². The average Bonchev–Trinajstić information content (AvgIpc) is 3.43. The van der Waals surface area contributed by atoms with Gasteiger partial charge in [0, 0.05) is 5.02 Å². The van der Waals surface area contributed by atoms with Crippen molar-refractivity contribution < 1.29 is 27.9 Å². The Balaban J connectivity index is 1.56. The van der Waals surface area contributed by atoms with Gasteiger partial charge in [-0.15, -0.1) is 0 Å². The van der Waals surface area contributed by atoms with Gasteiger partial charge in [-0.05, 0) is 51.1 Å². The molecule has 0 atom stereocenters. The molecule has 0 fully saturated rings. The van der Waals surface area contributed by atoms with E-state index in [1.54, 1.807) is 45.0 Å². The smallest absolute Gasteiger partial charge is 0.350 e. The molecule has 0 saturated heterocycles. The molecule has 3 aromatic heterocycles. The van der Waals surface area contributed by atoms with Gasteiger partial charge >= 0.3 is 5.97 Å². The number of fused-ring (bicyclic) bond motifs is 1. The van der Waals surface area contributed by atoms with Gasteiger partial charge in [0.25, 0.3) is 5.91 Å². The van der Waals surface area contributed by atoms with E-state index in [-0.39, 0.29) is 44.4 Å². The Kier molecular flexibility index (Phi) is 6.71. The zero-order valence-electron chi connectivity index (χ0n) is 18.3. The van der Waals surface area contributed by atoms with Crippen LogP contribution in [-0.2, 0) is 9.53 Å². The Hall–Kier alpha value is -3.63. The van der Waals surface area contributed by atoms with Gasteiger partial charge in [-0.3, -0.25) is 14.9 Å². The fourth-order valence-corrected chi connectivity index (χ4v) is 4.09. The molecule has 4 aromatic rings. The van der Waals surface area contributed by atoms with Crippen LogP contribution in [0.25, 0.3) is 22.5 Å². The number of aryl methyl sites for hydroxylation is 1. The van der Waals surface area contributed by atoms with Crippen molar-refractivity contribution in [1.82, 2.24) is 4.98 Å². The maximum absolute atomic E-state index is 13.1. The van der Waals surface area contributed by atoms with E-state index in [1.165, 1.54) is 12.3 Å². The SMILES string of the molecule is Cc1nc(NC(=O)COc2c(-c3ccco3)oc3ccc(Cl)cc3c2=O)sc1C(=O)OC(C)C. The number of hydrogen-bond acceptors (Lipinski definition) is 9. The van der Waals surface area contributed by atoms with Crippen LogP contribution < -0.4 is 15.5 Å². The molecule has 9 nitrogen and oxygen atoms in total. The third kappa shape index (κ3) is 4.97. The number of carbonyl (C=O) groups is 2. The van der Waals surface area contributed by atoms with Crippen molar-refractivity contribution in [3.8, 4) is 17.3 Å². The van der Waals surface area contributed by atoms with E-state index in [1.807, 2.05) is 0 Å². The summed E-state index contributed by atoms with van der Waals surface area (Å²) in [6, 6.07) is 7.84. The summed E-state index contributed by atoms with van der Waals surface area (Å²) in [6.07, 6.45) is 1.14. The molecule has 0 aliphatic carbocycles. The number of ether oxygens (including phenoxy) is 2. The molecule has 0 saturated carbocycles. The van der Waals surface area contributed by atoms with Crippen molar-refractivity contribution in [3.63, 3.8) is 0 Å². The zero-order chi connectivity index (χ0) is 24.4. The molecule has 0 spiro atoms. The number of aromatic nitrogens is 1. The lowest BCUT2D eigenvalue weighted by molar-refractivity contribution is -0.118. The van der Waals surface area contributed by atoms with Crippen molar-refractivity contribution in [2.45, 2.75) is 26.9 Å². The van der Waals surface area contributed by atoms with Crippen LogP contribution in [0.4, 0.5) is 5.13 Å². The first-order chi connectivity index (χ1) is 16.2. The van der Waals surface area contributed by atoms with E-state index in [0.29, 0.717) is 10.7 Å². The molecule has 0 radical (unpaired) electrons. The van der Waals surface area contributed by atoms with Gasteiger partial charge < -0.3 is 18.3 Å². The number of nitrogens with one attached hydrogen (secondary N) is 1. The van der Waals surface area contributed by atoms with E-state index in [0.717, 1.165) is 11.3 Å². The first kappa shape index (κ1) is 23.5. The minimum atomic E-state index is -0.589. The molecule has 0 bridgehead atoms. The van der Waals surface area contributed by atoms with Gasteiger partial charge in [0.1, 0.15) is 10.5 Å². The summed E-state index contributed by atoms with van der Waals surface area (Å²) in [5.41, 5.74) is 0.211. The van der Waals surface area contributed by atoms with E-state index < -0.39 is 23.9 Å². The van der Waals surface area contributed by atoms with Crippen LogP contribution in [0, 0.1) is 6.92 Å². The van der Waals surface area contributed by atoms with Gasteiger partial charge in [-0.2, -0.15) is 0 Å². The van der Waals surface area contributed by atoms with E-state index in [4.69, 9.17) is 29.9 Å². The summed E-state index contributed by atoms with van der Waals surface area (Å²) >= 11 is 7.01. The Labute approximate surface area is 202 Å². The molecule has 0 aliphatic rings. The Morgan fingerprint density at radius 3 is 2.76 bits per heavy atom. The topological polar surface area (TPSA) is 121 Å². The van der Waals surface area contributed by atoms with Crippen LogP contribution >= 0.6 is 22.9 Å². The first-order valence-corrected chi connectivity index (χ1v) is 11.3. The number of amides is 1. The maximum Gasteiger partial charge on any atom is 0.350 e. The largest absolute Gasteiger partial charge is 0.476 e. The average molecular weight is 503 g/mol. The normalized spacial score (nSPS) is 11.1. The summed E-state index contributed by atoms with van der Waals surface area (Å²) in [6.45, 7) is 4.60. The van der Waals surface area contributed by atoms with Gasteiger partial charge in [0.15, 0.2) is 17.5 Å². The van der Waals surface area contributed by atoms with Crippen LogP contribution in [0.2, 0.25) is 5.02 Å². The Morgan fingerprint density at radius 1 is 1.26 bits per heavy atom. The quantitative estimate of drug-likeness (QED) is 0.348. The second-order valence-electron chi connectivity index (χ2n) is 7.43. The van der Waals surface area contributed by atoms with E-state index in [9.17, 15) is 14.4 Å². The summed E-state index contributed by atoms with van der Waals surface area (Å²) in [4.78, 5) is 42.2. The van der Waals surface area contributed by atoms with Crippen LogP contribution in [0.3, 0.4) is 0 Å². The third-order valence-corrected chi connectivity index (χ3v) is 5.76. The monoisotopic (exact) mass is 502 g/mol. The maximum atomic E-state index is 13.1. The van der Waals surface area contributed by atoms with Crippen LogP contribution in [0.15, 0.2) is 50.2 Å². The highest BCUT2D eigenvalue weighted by Crippen LogP contribution is 2.32. The van der Waals surface area contributed by atoms with Crippen molar-refractivity contribution in [2.24, 2.45) is 0 Å². The number of furan rings is 1. The number of hydrogen-bond donors (Lipinski definition) is 1. The molecule has 34 heavy (non-hydrogen) atoms. The highest BCUT2D eigenvalue weighted by Gasteiger charge is 2.22. The van der Waals surface area contributed by atoms with Crippen LogP contribution in [-0.4, -0.2) is 29.6 Å². The van der Waals surface area contributed by atoms with E-state index in [2.05, 4.69) is 10.3 Å². The number of nitrogens with zero attached hydrogens (tertiary/aromatic N) is 1. The highest BCUT2D eigenvalue weighted by atomic mass is 35.5. The summed E-state index contributed by atoms with van der Waals surface area (Å²) in [5.74, 6) is -1.00. The van der Waals surface area contributed by atoms with Crippen molar-refractivity contribution >= 4 is 50.9 Å². The number of thiazole rings is 1. The third-order valence-electron chi connectivity index (χ3n) is 4.47. The number of benzene rings is 1. The lowest BCUT2D eigenvalue weighted by Gasteiger charge is -2.10. The number of esters is 1. The number of rotatable bonds is 7. The first-order valence-electron chi connectivity index (χ1n) is 10.1. The minimum Gasteiger partial charge on any atom is -0.476 e. The molecule has 176 valence electrons. The van der Waals surface area contributed by atoms with Crippen LogP contribution in [0.1, 0.15) is 29.2 Å². The molecule has 11 heteroatoms. The van der Waals surface area contributed by atoms with Crippen molar-refractivity contribution in [1.29, 1.82) is 0 Å². The highest BCUT2D eigenvalue weighted by molar-refractivity contribution is 7.17. The fourth-order valence-electron chi connectivity index (χ4n) is 3.05. The lowest BCUT2D eigenvalue weighted by atomic mass is 10.2. The molecule has 0 aliphatic heterocycles. The van der Waals surface area contributed by atoms with Gasteiger partial charge in [-0.25, -0.2) is 9.78 Å². The Morgan fingerprint density at radius 2 is 2.06 bits per heavy atom.